The minimum Gasteiger partial charge on any atom is -0.514 e. The van der Waals surface area contributed by atoms with Gasteiger partial charge in [0.15, 0.2) is 4.24 Å². The van der Waals surface area contributed by atoms with Crippen molar-refractivity contribution < 1.29 is 13.5 Å². The van der Waals surface area contributed by atoms with Gasteiger partial charge in [0.25, 0.3) is 10.0 Å². The molecule has 0 unspecified atom stereocenters. The normalized spacial score (nSPS) is 13.9. The molecule has 0 atom stereocenters. The lowest BCUT2D eigenvalue weighted by atomic mass is 10.7. The summed E-state index contributed by atoms with van der Waals surface area (Å²) in [6.07, 6.45) is 1.80. The number of nitrogens with zero attached hydrogens (tertiary/aromatic N) is 1. The molecule has 0 aliphatic carbocycles. The molecule has 0 saturated carbocycles. The predicted molar refractivity (Wildman–Crippen MR) is 63.5 cm³/mol. The van der Waals surface area contributed by atoms with Gasteiger partial charge in [-0.05, 0) is 5.41 Å². The maximum Gasteiger partial charge on any atom is 0.252 e. The number of nitrogens with two attached hydrogens (primary N) is 1. The second-order valence-electron chi connectivity index (χ2n) is 2.48. The van der Waals surface area contributed by atoms with Gasteiger partial charge in [0.1, 0.15) is 6.26 Å². The smallest absolute Gasteiger partial charge is 0.252 e. The van der Waals surface area contributed by atoms with E-state index in [1.165, 1.54) is 15.9 Å². The molecule has 0 aromatic rings. The van der Waals surface area contributed by atoms with Crippen LogP contribution < -0.4 is 5.73 Å². The van der Waals surface area contributed by atoms with Gasteiger partial charge in [-0.3, -0.25) is 0 Å². The molecule has 3 N–H and O–H groups in total. The molecule has 7 heteroatoms. The molecule has 0 radical (unpaired) electrons. The molecule has 0 aliphatic rings. The zero-order valence-electron chi connectivity index (χ0n) is 8.75. The van der Waals surface area contributed by atoms with Crippen molar-refractivity contribution in [3.63, 3.8) is 0 Å². The van der Waals surface area contributed by atoms with Gasteiger partial charge >= 0.3 is 0 Å². The Hall–Kier alpha value is -0.660. The minimum absolute atomic E-state index is 0.132. The number of aliphatic hydroxyl groups excluding tert-OH is 1. The first kappa shape index (κ1) is 14.3. The van der Waals surface area contributed by atoms with Crippen LogP contribution in [0.2, 0.25) is 0 Å². The summed E-state index contributed by atoms with van der Waals surface area (Å²) in [6.45, 7) is 4.20. The molecule has 0 amide bonds. The average Bonchev–Trinajstić information content (AvgIpc) is 2.20. The van der Waals surface area contributed by atoms with E-state index < -0.39 is 10.0 Å². The number of aliphatic hydroxyl groups is 1. The zero-order valence-corrected chi connectivity index (χ0v) is 10.4. The van der Waals surface area contributed by atoms with Crippen LogP contribution in [-0.2, 0) is 10.0 Å². The Labute approximate surface area is 94.7 Å². The van der Waals surface area contributed by atoms with Gasteiger partial charge in [0.2, 0.25) is 0 Å². The van der Waals surface area contributed by atoms with E-state index in [1.807, 2.05) is 0 Å². The van der Waals surface area contributed by atoms with Crippen molar-refractivity contribution in [3.05, 3.63) is 22.1 Å². The Morgan fingerprint density at radius 2 is 2.00 bits per heavy atom. The molecule has 0 spiro atoms. The van der Waals surface area contributed by atoms with Gasteiger partial charge in [-0.2, -0.15) is 4.31 Å². The highest BCUT2D eigenvalue weighted by Gasteiger charge is 2.24. The van der Waals surface area contributed by atoms with Crippen LogP contribution in [0, 0.1) is 0 Å². The molecule has 15 heavy (non-hydrogen) atoms. The third-order valence-corrected chi connectivity index (χ3v) is 5.03. The van der Waals surface area contributed by atoms with Crippen LogP contribution >= 0.6 is 11.8 Å². The van der Waals surface area contributed by atoms with E-state index in [9.17, 15) is 8.42 Å². The second-order valence-corrected chi connectivity index (χ2v) is 5.60. The summed E-state index contributed by atoms with van der Waals surface area (Å²) < 4.78 is 24.8. The lowest BCUT2D eigenvalue weighted by molar-refractivity contribution is 0.446. The van der Waals surface area contributed by atoms with E-state index in [4.69, 9.17) is 10.8 Å². The summed E-state index contributed by atoms with van der Waals surface area (Å²) in [6, 6.07) is 0. The van der Waals surface area contributed by atoms with E-state index in [2.05, 4.69) is 0 Å². The molecule has 0 aliphatic heterocycles. The van der Waals surface area contributed by atoms with E-state index in [0.29, 0.717) is 19.4 Å². The molecule has 88 valence electrons. The molecular formula is C8H16N2O3S2. The van der Waals surface area contributed by atoms with Gasteiger partial charge < -0.3 is 10.8 Å². The Morgan fingerprint density at radius 1 is 1.47 bits per heavy atom. The Morgan fingerprint density at radius 3 is 2.33 bits per heavy atom. The molecule has 0 aromatic heterocycles. The highest BCUT2D eigenvalue weighted by atomic mass is 32.3. The van der Waals surface area contributed by atoms with Gasteiger partial charge in [-0.15, -0.1) is 0 Å². The zero-order chi connectivity index (χ0) is 11.9. The number of thioether (sulfide) groups is 1. The van der Waals surface area contributed by atoms with E-state index in [-0.39, 0.29) is 4.24 Å². The Bertz CT molecular complexity index is 332. The molecular weight excluding hydrogens is 236 g/mol. The van der Waals surface area contributed by atoms with Crippen LogP contribution in [-0.4, -0.2) is 30.9 Å². The van der Waals surface area contributed by atoms with Gasteiger partial charge in [-0.25, -0.2) is 8.42 Å². The molecule has 0 aromatic carbocycles. The van der Waals surface area contributed by atoms with Crippen molar-refractivity contribution in [1.29, 1.82) is 0 Å². The highest BCUT2D eigenvalue weighted by Crippen LogP contribution is 2.25. The van der Waals surface area contributed by atoms with Crippen molar-refractivity contribution in [2.45, 2.75) is 13.8 Å². The van der Waals surface area contributed by atoms with Gasteiger partial charge in [0.05, 0.1) is 0 Å². The number of sulfonamides is 1. The standard InChI is InChI=1S/C8H16N2O3S2/c1-3-10(4-2)15(12,13)8(7-11)14-6-5-9/h5-7,11H,3-4,9H2,1-2H3/b6-5+,8-7-. The van der Waals surface area contributed by atoms with Crippen molar-refractivity contribution in [2.75, 3.05) is 13.1 Å². The van der Waals surface area contributed by atoms with Crippen LogP contribution in [0.5, 0.6) is 0 Å². The molecule has 5 nitrogen and oxygen atoms in total. The summed E-state index contributed by atoms with van der Waals surface area (Å²) in [5.74, 6) is 0. The third kappa shape index (κ3) is 3.77. The van der Waals surface area contributed by atoms with Crippen molar-refractivity contribution >= 4 is 21.8 Å². The predicted octanol–water partition coefficient (Wildman–Crippen LogP) is 1.18. The monoisotopic (exact) mass is 252 g/mol. The first-order valence-corrected chi connectivity index (χ1v) is 6.74. The van der Waals surface area contributed by atoms with Crippen molar-refractivity contribution in [1.82, 2.24) is 4.31 Å². The van der Waals surface area contributed by atoms with Crippen LogP contribution in [0.3, 0.4) is 0 Å². The lowest BCUT2D eigenvalue weighted by Crippen LogP contribution is -2.30. The van der Waals surface area contributed by atoms with E-state index in [1.54, 1.807) is 13.8 Å². The fraction of sp³-hybridized carbons (Fsp3) is 0.500. The minimum atomic E-state index is -3.58. The fourth-order valence-electron chi connectivity index (χ4n) is 0.955. The molecule has 0 saturated heterocycles. The molecule has 0 heterocycles. The van der Waals surface area contributed by atoms with Crippen molar-refractivity contribution in [2.24, 2.45) is 5.73 Å². The lowest BCUT2D eigenvalue weighted by Gasteiger charge is -2.18. The fourth-order valence-corrected chi connectivity index (χ4v) is 3.27. The second kappa shape index (κ2) is 6.76. The molecule has 0 fully saturated rings. The third-order valence-electron chi connectivity index (χ3n) is 1.67. The van der Waals surface area contributed by atoms with Crippen LogP contribution in [0.25, 0.3) is 0 Å². The topological polar surface area (TPSA) is 83.6 Å². The van der Waals surface area contributed by atoms with Crippen molar-refractivity contribution in [3.8, 4) is 0 Å². The summed E-state index contributed by atoms with van der Waals surface area (Å²) in [5.41, 5.74) is 5.10. The SMILES string of the molecule is CCN(CC)S(=O)(=O)/C(=C\O)S/C=C/N. The van der Waals surface area contributed by atoms with Crippen LogP contribution in [0.15, 0.2) is 22.1 Å². The highest BCUT2D eigenvalue weighted by molar-refractivity contribution is 8.19. The maximum absolute atomic E-state index is 11.8. The first-order chi connectivity index (χ1) is 7.04. The molecule has 0 rings (SSSR count). The quantitative estimate of drug-likeness (QED) is 0.693. The first-order valence-electron chi connectivity index (χ1n) is 4.42. The van der Waals surface area contributed by atoms with Gasteiger partial charge in [-0.1, -0.05) is 25.6 Å². The Kier molecular flexibility index (Phi) is 6.46. The van der Waals surface area contributed by atoms with Crippen LogP contribution in [0.1, 0.15) is 13.8 Å². The summed E-state index contributed by atoms with van der Waals surface area (Å²) in [7, 11) is -3.58. The van der Waals surface area contributed by atoms with Crippen LogP contribution in [0.4, 0.5) is 0 Å². The largest absolute Gasteiger partial charge is 0.514 e. The van der Waals surface area contributed by atoms with Gasteiger partial charge in [0, 0.05) is 19.3 Å². The maximum atomic E-state index is 11.8. The molecule has 0 bridgehead atoms. The summed E-state index contributed by atoms with van der Waals surface area (Å²) >= 11 is 0.863. The van der Waals surface area contributed by atoms with E-state index >= 15 is 0 Å². The average molecular weight is 252 g/mol. The summed E-state index contributed by atoms with van der Waals surface area (Å²) in [5, 5.41) is 10.3. The Balaban J connectivity index is 4.98. The number of hydrogen-bond donors (Lipinski definition) is 2. The van der Waals surface area contributed by atoms with E-state index in [0.717, 1.165) is 11.8 Å². The number of rotatable bonds is 6. The number of hydrogen-bond acceptors (Lipinski definition) is 5. The summed E-state index contributed by atoms with van der Waals surface area (Å²) in [4.78, 5) is 0.